The molecule has 0 spiro atoms. The molecule has 20 heavy (non-hydrogen) atoms. The average molecular weight is 270 g/mol. The molecule has 0 aliphatic carbocycles. The third-order valence-corrected chi connectivity index (χ3v) is 3.38. The highest BCUT2D eigenvalue weighted by atomic mass is 16.5. The Morgan fingerprint density at radius 1 is 1.35 bits per heavy atom. The molecule has 3 heteroatoms. The van der Waals surface area contributed by atoms with Crippen LogP contribution >= 0.6 is 0 Å². The molecule has 2 rings (SSSR count). The summed E-state index contributed by atoms with van der Waals surface area (Å²) in [6.45, 7) is 2.48. The number of ether oxygens (including phenoxy) is 1. The molecule has 1 aliphatic heterocycles. The summed E-state index contributed by atoms with van der Waals surface area (Å²) in [6, 6.07) is 7.56. The van der Waals surface area contributed by atoms with Crippen LogP contribution in [0.2, 0.25) is 0 Å². The van der Waals surface area contributed by atoms with E-state index in [1.54, 1.807) is 6.07 Å². The van der Waals surface area contributed by atoms with Crippen LogP contribution in [0.1, 0.15) is 35.7 Å². The van der Waals surface area contributed by atoms with Crippen LogP contribution in [-0.4, -0.2) is 18.9 Å². The predicted octanol–water partition coefficient (Wildman–Crippen LogP) is 3.25. The number of carbonyl (C=O) groups excluding carboxylic acids is 2. The normalized spacial score (nSPS) is 17.4. The van der Waals surface area contributed by atoms with E-state index in [-0.39, 0.29) is 5.97 Å². The second-order valence-electron chi connectivity index (χ2n) is 4.89. The summed E-state index contributed by atoms with van der Waals surface area (Å²) >= 11 is 0. The Kier molecular flexibility index (Phi) is 4.88. The van der Waals surface area contributed by atoms with Gasteiger partial charge < -0.3 is 4.74 Å². The van der Waals surface area contributed by atoms with E-state index in [0.29, 0.717) is 12.2 Å². The first-order valence-electron chi connectivity index (χ1n) is 6.75. The molecule has 0 atom stereocenters. The number of benzene rings is 1. The number of allylic oxidation sites excluding steroid dienone is 3. The summed E-state index contributed by atoms with van der Waals surface area (Å²) in [5.41, 5.74) is 3.70. The van der Waals surface area contributed by atoms with Crippen molar-refractivity contribution in [2.75, 3.05) is 6.61 Å². The van der Waals surface area contributed by atoms with Crippen molar-refractivity contribution < 1.29 is 14.3 Å². The van der Waals surface area contributed by atoms with Gasteiger partial charge in [-0.25, -0.2) is 4.79 Å². The molecule has 0 amide bonds. The van der Waals surface area contributed by atoms with Crippen molar-refractivity contribution >= 4 is 12.3 Å². The van der Waals surface area contributed by atoms with Crippen molar-refractivity contribution in [3.8, 4) is 0 Å². The summed E-state index contributed by atoms with van der Waals surface area (Å²) in [7, 11) is 0. The van der Waals surface area contributed by atoms with E-state index in [4.69, 9.17) is 4.74 Å². The predicted molar refractivity (Wildman–Crippen MR) is 77.6 cm³/mol. The lowest BCUT2D eigenvalue weighted by Crippen LogP contribution is -1.97. The van der Waals surface area contributed by atoms with Crippen LogP contribution in [0.4, 0.5) is 0 Å². The highest BCUT2D eigenvalue weighted by Gasteiger charge is 2.20. The van der Waals surface area contributed by atoms with Gasteiger partial charge in [0.1, 0.15) is 6.29 Å². The molecule has 3 nitrogen and oxygen atoms in total. The SMILES string of the molecule is C/C(C/C=C/Cc1cccc(C=O)c1)=C1/CCOC1=O. The molecule has 104 valence electrons. The third kappa shape index (κ3) is 3.67. The van der Waals surface area contributed by atoms with Gasteiger partial charge >= 0.3 is 5.97 Å². The number of esters is 1. The van der Waals surface area contributed by atoms with Gasteiger partial charge in [0.25, 0.3) is 0 Å². The largest absolute Gasteiger partial charge is 0.462 e. The van der Waals surface area contributed by atoms with Crippen LogP contribution in [0.25, 0.3) is 0 Å². The van der Waals surface area contributed by atoms with E-state index in [1.165, 1.54) is 0 Å². The number of rotatable bonds is 5. The first-order valence-corrected chi connectivity index (χ1v) is 6.75. The summed E-state index contributed by atoms with van der Waals surface area (Å²) < 4.78 is 4.93. The molecule has 1 heterocycles. The van der Waals surface area contributed by atoms with E-state index in [0.717, 1.165) is 42.3 Å². The van der Waals surface area contributed by atoms with E-state index >= 15 is 0 Å². The fraction of sp³-hybridized carbons (Fsp3) is 0.294. The molecule has 0 N–H and O–H groups in total. The van der Waals surface area contributed by atoms with Crippen LogP contribution in [0, 0.1) is 0 Å². The van der Waals surface area contributed by atoms with Crippen LogP contribution in [0.5, 0.6) is 0 Å². The van der Waals surface area contributed by atoms with Gasteiger partial charge in [-0.3, -0.25) is 4.79 Å². The van der Waals surface area contributed by atoms with E-state index in [2.05, 4.69) is 12.2 Å². The molecule has 1 aromatic rings. The first kappa shape index (κ1) is 14.3. The van der Waals surface area contributed by atoms with Crippen molar-refractivity contribution in [3.63, 3.8) is 0 Å². The van der Waals surface area contributed by atoms with Gasteiger partial charge in [0.2, 0.25) is 0 Å². The Labute approximate surface area is 118 Å². The molecule has 0 bridgehead atoms. The van der Waals surface area contributed by atoms with Crippen molar-refractivity contribution in [2.24, 2.45) is 0 Å². The maximum atomic E-state index is 11.4. The van der Waals surface area contributed by atoms with Crippen molar-refractivity contribution in [2.45, 2.75) is 26.2 Å². The fourth-order valence-electron chi connectivity index (χ4n) is 2.22. The van der Waals surface area contributed by atoms with Crippen LogP contribution < -0.4 is 0 Å². The topological polar surface area (TPSA) is 43.4 Å². The second kappa shape index (κ2) is 6.85. The lowest BCUT2D eigenvalue weighted by atomic mass is 10.0. The third-order valence-electron chi connectivity index (χ3n) is 3.38. The summed E-state index contributed by atoms with van der Waals surface area (Å²) in [5, 5.41) is 0. The zero-order valence-corrected chi connectivity index (χ0v) is 11.6. The van der Waals surface area contributed by atoms with Gasteiger partial charge in [0, 0.05) is 17.6 Å². The van der Waals surface area contributed by atoms with Gasteiger partial charge in [-0.1, -0.05) is 35.9 Å². The van der Waals surface area contributed by atoms with Gasteiger partial charge in [-0.2, -0.15) is 0 Å². The number of hydrogen-bond acceptors (Lipinski definition) is 3. The molecule has 1 saturated heterocycles. The molecule has 0 saturated carbocycles. The van der Waals surface area contributed by atoms with E-state index in [1.807, 2.05) is 25.1 Å². The Bertz CT molecular complexity index is 567. The summed E-state index contributed by atoms with van der Waals surface area (Å²) in [5.74, 6) is -0.172. The zero-order chi connectivity index (χ0) is 14.4. The van der Waals surface area contributed by atoms with Crippen LogP contribution in [0.15, 0.2) is 47.6 Å². The molecular formula is C17H18O3. The van der Waals surface area contributed by atoms with Crippen molar-refractivity contribution in [3.05, 3.63) is 58.7 Å². The molecule has 0 unspecified atom stereocenters. The molecular weight excluding hydrogens is 252 g/mol. The maximum Gasteiger partial charge on any atom is 0.334 e. The second-order valence-corrected chi connectivity index (χ2v) is 4.89. The van der Waals surface area contributed by atoms with Gasteiger partial charge in [-0.05, 0) is 31.4 Å². The Balaban J connectivity index is 1.90. The first-order chi connectivity index (χ1) is 9.70. The minimum absolute atomic E-state index is 0.172. The standard InChI is InChI=1S/C17H18O3/c1-13(16-9-10-20-17(16)19)5-2-3-6-14-7-4-8-15(11-14)12-18/h2-4,7-8,11-12H,5-6,9-10H2,1H3/b3-2+,16-13+. The smallest absolute Gasteiger partial charge is 0.334 e. The van der Waals surface area contributed by atoms with Gasteiger partial charge in [-0.15, -0.1) is 0 Å². The van der Waals surface area contributed by atoms with Crippen LogP contribution in [-0.2, 0) is 16.0 Å². The molecule has 1 fully saturated rings. The Morgan fingerprint density at radius 3 is 2.90 bits per heavy atom. The minimum Gasteiger partial charge on any atom is -0.462 e. The minimum atomic E-state index is -0.172. The monoisotopic (exact) mass is 270 g/mol. The fourth-order valence-corrected chi connectivity index (χ4v) is 2.22. The molecule has 0 radical (unpaired) electrons. The van der Waals surface area contributed by atoms with Gasteiger partial charge in [0.15, 0.2) is 0 Å². The maximum absolute atomic E-state index is 11.4. The summed E-state index contributed by atoms with van der Waals surface area (Å²) in [4.78, 5) is 22.1. The van der Waals surface area contributed by atoms with Crippen molar-refractivity contribution in [1.29, 1.82) is 0 Å². The lowest BCUT2D eigenvalue weighted by molar-refractivity contribution is -0.135. The molecule has 0 aromatic heterocycles. The number of carbonyl (C=O) groups is 2. The molecule has 1 aliphatic rings. The van der Waals surface area contributed by atoms with Crippen LogP contribution in [0.3, 0.4) is 0 Å². The quantitative estimate of drug-likeness (QED) is 0.357. The Hall–Kier alpha value is -2.16. The number of hydrogen-bond donors (Lipinski definition) is 0. The highest BCUT2D eigenvalue weighted by Crippen LogP contribution is 2.20. The number of aldehydes is 1. The summed E-state index contributed by atoms with van der Waals surface area (Å²) in [6.07, 6.45) is 7.25. The lowest BCUT2D eigenvalue weighted by Gasteiger charge is -2.00. The van der Waals surface area contributed by atoms with E-state index < -0.39 is 0 Å². The van der Waals surface area contributed by atoms with E-state index in [9.17, 15) is 9.59 Å². The van der Waals surface area contributed by atoms with Gasteiger partial charge in [0.05, 0.1) is 6.61 Å². The number of cyclic esters (lactones) is 1. The average Bonchev–Trinajstić information content (AvgIpc) is 2.90. The highest BCUT2D eigenvalue weighted by molar-refractivity contribution is 5.91. The van der Waals surface area contributed by atoms with Crippen molar-refractivity contribution in [1.82, 2.24) is 0 Å². The zero-order valence-electron chi connectivity index (χ0n) is 11.6. The molecule has 1 aromatic carbocycles. The Morgan fingerprint density at radius 2 is 2.20 bits per heavy atom.